The smallest absolute Gasteiger partial charge is 0.323 e. The first-order valence-electron chi connectivity index (χ1n) is 5.13. The molecule has 94 valence electrons. The van der Waals surface area contributed by atoms with E-state index in [0.29, 0.717) is 0 Å². The van der Waals surface area contributed by atoms with Crippen LogP contribution in [0.25, 0.3) is 0 Å². The number of amides is 1. The Balaban J connectivity index is 2.78. The normalized spacial score (nSPS) is 21.7. The number of hydrogen-bond donors (Lipinski definition) is 2. The number of carbonyl (C=O) groups is 2. The fourth-order valence-corrected chi connectivity index (χ4v) is 2.11. The fraction of sp³-hybridized carbons (Fsp3) is 0.167. The predicted octanol–water partition coefficient (Wildman–Crippen LogP) is 0.764. The highest BCUT2D eigenvalue weighted by Gasteiger charge is 2.57. The molecule has 0 spiro atoms. The maximum absolute atomic E-state index is 13.6. The van der Waals surface area contributed by atoms with Crippen LogP contribution in [0.2, 0.25) is 0 Å². The van der Waals surface area contributed by atoms with Crippen molar-refractivity contribution in [3.05, 3.63) is 29.6 Å². The first kappa shape index (κ1) is 12.5. The molecular weight excluding hydrogens is 253 g/mol. The monoisotopic (exact) mass is 259 g/mol. The van der Waals surface area contributed by atoms with Gasteiger partial charge in [-0.05, 0) is 6.07 Å². The zero-order valence-electron chi connectivity index (χ0n) is 9.35. The maximum Gasteiger partial charge on any atom is 0.323 e. The summed E-state index contributed by atoms with van der Waals surface area (Å²) in [7, 11) is 0. The molecule has 0 aromatic heterocycles. The minimum absolute atomic E-state index is 0.131. The number of nitriles is 2. The van der Waals surface area contributed by atoms with Crippen LogP contribution in [0, 0.1) is 34.4 Å². The lowest BCUT2D eigenvalue weighted by Gasteiger charge is -2.21. The number of para-hydroxylation sites is 1. The summed E-state index contributed by atoms with van der Waals surface area (Å²) in [5, 5.41) is 29.3. The first-order chi connectivity index (χ1) is 8.98. The van der Waals surface area contributed by atoms with Gasteiger partial charge in [0.05, 0.1) is 17.8 Å². The van der Waals surface area contributed by atoms with Gasteiger partial charge in [0.25, 0.3) is 5.91 Å². The highest BCUT2D eigenvalue weighted by Crippen LogP contribution is 2.43. The molecule has 7 heteroatoms. The minimum atomic E-state index is -2.24. The van der Waals surface area contributed by atoms with E-state index in [2.05, 4.69) is 5.32 Å². The van der Waals surface area contributed by atoms with Gasteiger partial charge in [-0.15, -0.1) is 0 Å². The third-order valence-corrected chi connectivity index (χ3v) is 3.02. The van der Waals surface area contributed by atoms with E-state index in [-0.39, 0.29) is 11.3 Å². The van der Waals surface area contributed by atoms with Gasteiger partial charge < -0.3 is 10.4 Å². The van der Waals surface area contributed by atoms with Crippen LogP contribution in [-0.2, 0) is 15.0 Å². The molecule has 0 radical (unpaired) electrons. The van der Waals surface area contributed by atoms with Gasteiger partial charge in [0.1, 0.15) is 5.82 Å². The number of halogens is 1. The molecule has 1 aromatic carbocycles. The molecule has 0 fully saturated rings. The largest absolute Gasteiger partial charge is 0.480 e. The van der Waals surface area contributed by atoms with Crippen LogP contribution in [-0.4, -0.2) is 17.0 Å². The Labute approximate surface area is 106 Å². The highest BCUT2D eigenvalue weighted by atomic mass is 19.1. The zero-order chi connectivity index (χ0) is 14.2. The van der Waals surface area contributed by atoms with Crippen molar-refractivity contribution in [1.29, 1.82) is 10.5 Å². The summed E-state index contributed by atoms with van der Waals surface area (Å²) < 4.78 is 13.6. The van der Waals surface area contributed by atoms with Crippen molar-refractivity contribution in [2.45, 2.75) is 5.41 Å². The number of carbonyl (C=O) groups excluding carboxylic acids is 1. The lowest BCUT2D eigenvalue weighted by atomic mass is 9.72. The fourth-order valence-electron chi connectivity index (χ4n) is 2.11. The quantitative estimate of drug-likeness (QED) is 0.813. The SMILES string of the molecule is N#CC(C(=O)O)C1(C#N)C(=O)Nc2c(F)cccc21. The lowest BCUT2D eigenvalue weighted by Crippen LogP contribution is -2.43. The Kier molecular flexibility index (Phi) is 2.68. The first-order valence-corrected chi connectivity index (χ1v) is 5.13. The molecular formula is C12H6FN3O3. The number of nitrogens with one attached hydrogen (secondary N) is 1. The third-order valence-electron chi connectivity index (χ3n) is 3.02. The van der Waals surface area contributed by atoms with Gasteiger partial charge in [-0.25, -0.2) is 4.39 Å². The van der Waals surface area contributed by atoms with Crippen LogP contribution in [0.3, 0.4) is 0 Å². The molecule has 1 amide bonds. The molecule has 0 saturated carbocycles. The van der Waals surface area contributed by atoms with Crippen LogP contribution < -0.4 is 5.32 Å². The van der Waals surface area contributed by atoms with Crippen LogP contribution in [0.15, 0.2) is 18.2 Å². The predicted molar refractivity (Wildman–Crippen MR) is 59.1 cm³/mol. The van der Waals surface area contributed by atoms with E-state index in [4.69, 9.17) is 10.4 Å². The molecule has 19 heavy (non-hydrogen) atoms. The van der Waals surface area contributed by atoms with Gasteiger partial charge in [-0.1, -0.05) is 12.1 Å². The van der Waals surface area contributed by atoms with Crippen molar-refractivity contribution in [2.24, 2.45) is 5.92 Å². The lowest BCUT2D eigenvalue weighted by molar-refractivity contribution is -0.143. The summed E-state index contributed by atoms with van der Waals surface area (Å²) in [5.41, 5.74) is -2.62. The molecule has 2 N–H and O–H groups in total. The van der Waals surface area contributed by atoms with Gasteiger partial charge in [-0.3, -0.25) is 9.59 Å². The summed E-state index contributed by atoms with van der Waals surface area (Å²) in [5.74, 6) is -5.33. The molecule has 0 aliphatic carbocycles. The summed E-state index contributed by atoms with van der Waals surface area (Å²) >= 11 is 0. The van der Waals surface area contributed by atoms with E-state index in [1.165, 1.54) is 18.2 Å². The van der Waals surface area contributed by atoms with E-state index in [0.717, 1.165) is 6.07 Å². The summed E-state index contributed by atoms with van der Waals surface area (Å²) in [4.78, 5) is 23.0. The maximum atomic E-state index is 13.6. The van der Waals surface area contributed by atoms with E-state index in [1.807, 2.05) is 0 Å². The van der Waals surface area contributed by atoms with Crippen molar-refractivity contribution in [2.75, 3.05) is 5.32 Å². The molecule has 2 unspecified atom stereocenters. The number of anilines is 1. The highest BCUT2D eigenvalue weighted by molar-refractivity contribution is 6.11. The van der Waals surface area contributed by atoms with Crippen molar-refractivity contribution >= 4 is 17.6 Å². The molecule has 1 aromatic rings. The van der Waals surface area contributed by atoms with Gasteiger partial charge in [0.2, 0.25) is 0 Å². The molecule has 0 saturated heterocycles. The summed E-state index contributed by atoms with van der Waals surface area (Å²) in [6.07, 6.45) is 0. The Bertz CT molecular complexity index is 674. The second kappa shape index (κ2) is 4.07. The number of carboxylic acid groups (broad SMARTS) is 1. The van der Waals surface area contributed by atoms with Crippen molar-refractivity contribution in [1.82, 2.24) is 0 Å². The summed E-state index contributed by atoms with van der Waals surface area (Å²) in [6.45, 7) is 0. The van der Waals surface area contributed by atoms with Crippen LogP contribution >= 0.6 is 0 Å². The number of fused-ring (bicyclic) bond motifs is 1. The number of hydrogen-bond acceptors (Lipinski definition) is 4. The minimum Gasteiger partial charge on any atom is -0.480 e. The van der Waals surface area contributed by atoms with Gasteiger partial charge in [0.15, 0.2) is 11.3 Å². The van der Waals surface area contributed by atoms with Crippen LogP contribution in [0.4, 0.5) is 10.1 Å². The average Bonchev–Trinajstić information content (AvgIpc) is 2.65. The van der Waals surface area contributed by atoms with E-state index in [1.54, 1.807) is 6.07 Å². The van der Waals surface area contributed by atoms with Crippen molar-refractivity contribution in [3.63, 3.8) is 0 Å². The molecule has 2 atom stereocenters. The van der Waals surface area contributed by atoms with Crippen molar-refractivity contribution < 1.29 is 19.1 Å². The number of aliphatic carboxylic acids is 1. The Morgan fingerprint density at radius 1 is 1.47 bits per heavy atom. The number of nitrogens with zero attached hydrogens (tertiary/aromatic N) is 2. The van der Waals surface area contributed by atoms with Gasteiger partial charge in [0, 0.05) is 5.56 Å². The van der Waals surface area contributed by atoms with Gasteiger partial charge >= 0.3 is 5.97 Å². The van der Waals surface area contributed by atoms with E-state index < -0.39 is 29.0 Å². The van der Waals surface area contributed by atoms with Crippen molar-refractivity contribution in [3.8, 4) is 12.1 Å². The standard InChI is InChI=1S/C12H6FN3O3/c13-8-3-1-2-6-9(8)16-11(19)12(6,5-15)7(4-14)10(17)18/h1-3,7H,(H,16,19)(H,17,18). The zero-order valence-corrected chi connectivity index (χ0v) is 9.35. The van der Waals surface area contributed by atoms with Gasteiger partial charge in [-0.2, -0.15) is 10.5 Å². The Morgan fingerprint density at radius 3 is 2.68 bits per heavy atom. The third kappa shape index (κ3) is 1.45. The van der Waals surface area contributed by atoms with E-state index in [9.17, 15) is 19.2 Å². The van der Waals surface area contributed by atoms with Crippen LogP contribution in [0.1, 0.15) is 5.56 Å². The Morgan fingerprint density at radius 2 is 2.16 bits per heavy atom. The molecule has 6 nitrogen and oxygen atoms in total. The number of rotatable bonds is 2. The topological polar surface area (TPSA) is 114 Å². The molecule has 1 aliphatic heterocycles. The average molecular weight is 259 g/mol. The Hall–Kier alpha value is -2.93. The number of carboxylic acids is 1. The van der Waals surface area contributed by atoms with E-state index >= 15 is 0 Å². The molecule has 1 heterocycles. The van der Waals surface area contributed by atoms with Crippen LogP contribution in [0.5, 0.6) is 0 Å². The molecule has 1 aliphatic rings. The second-order valence-corrected chi connectivity index (χ2v) is 3.94. The number of benzene rings is 1. The molecule has 2 rings (SSSR count). The second-order valence-electron chi connectivity index (χ2n) is 3.94. The molecule has 0 bridgehead atoms. The summed E-state index contributed by atoms with van der Waals surface area (Å²) in [6, 6.07) is 6.55.